The smallest absolute Gasteiger partial charge is 0.110 e. The average Bonchev–Trinajstić information content (AvgIpc) is 2.91. The van der Waals surface area contributed by atoms with Crippen molar-refractivity contribution in [3.05, 3.63) is 15.6 Å². The fraction of sp³-hybridized carbons (Fsp3) is 0.800. The van der Waals surface area contributed by atoms with Crippen LogP contribution >= 0.6 is 11.3 Å². The summed E-state index contributed by atoms with van der Waals surface area (Å²) >= 11 is 1.98. The van der Waals surface area contributed by atoms with Gasteiger partial charge in [0.25, 0.3) is 0 Å². The number of rotatable bonds is 6. The minimum Gasteiger partial charge on any atom is -0.305 e. The first kappa shape index (κ1) is 12.6. The van der Waals surface area contributed by atoms with Crippen LogP contribution < -0.4 is 5.32 Å². The maximum Gasteiger partial charge on any atom is 0.110 e. The quantitative estimate of drug-likeness (QED) is 0.844. The highest BCUT2D eigenvalue weighted by Gasteiger charge is 2.31. The number of nitrogens with one attached hydrogen (secondary N) is 1. The zero-order chi connectivity index (χ0) is 12.5. The van der Waals surface area contributed by atoms with Crippen molar-refractivity contribution in [2.75, 3.05) is 0 Å². The summed E-state index contributed by atoms with van der Waals surface area (Å²) in [5.74, 6) is 0.710. The van der Waals surface area contributed by atoms with E-state index in [0.29, 0.717) is 12.0 Å². The molecule has 2 nitrogen and oxygen atoms in total. The van der Waals surface area contributed by atoms with E-state index in [1.807, 2.05) is 11.3 Å². The van der Waals surface area contributed by atoms with Crippen LogP contribution in [0.3, 0.4) is 0 Å². The molecule has 0 saturated heterocycles. The molecule has 3 heteroatoms. The minimum absolute atomic E-state index is 0.507. The van der Waals surface area contributed by atoms with E-state index in [-0.39, 0.29) is 0 Å². The lowest BCUT2D eigenvalue weighted by atomic mass is 9.97. The Kier molecular flexibility index (Phi) is 3.71. The molecule has 0 aromatic carbocycles. The van der Waals surface area contributed by atoms with Crippen LogP contribution in [0.1, 0.15) is 67.6 Å². The Morgan fingerprint density at radius 3 is 2.89 bits per heavy atom. The van der Waals surface area contributed by atoms with Crippen LogP contribution in [0, 0.1) is 5.92 Å². The van der Waals surface area contributed by atoms with E-state index < -0.39 is 0 Å². The maximum atomic E-state index is 4.93. The van der Waals surface area contributed by atoms with Crippen molar-refractivity contribution in [2.45, 2.75) is 70.9 Å². The van der Waals surface area contributed by atoms with Crippen LogP contribution in [0.25, 0.3) is 0 Å². The van der Waals surface area contributed by atoms with Crippen LogP contribution in [-0.2, 0) is 12.8 Å². The Bertz CT molecular complexity index is 387. The number of thiazole rings is 1. The van der Waals surface area contributed by atoms with Crippen LogP contribution in [0.2, 0.25) is 0 Å². The Hall–Kier alpha value is -0.410. The molecule has 1 heterocycles. The molecule has 0 radical (unpaired) electrons. The third-order valence-corrected chi connectivity index (χ3v) is 5.42. The minimum atomic E-state index is 0.507. The molecule has 18 heavy (non-hydrogen) atoms. The number of hydrogen-bond acceptors (Lipinski definition) is 3. The molecule has 1 fully saturated rings. The van der Waals surface area contributed by atoms with Crippen LogP contribution in [0.4, 0.5) is 0 Å². The molecule has 0 aliphatic heterocycles. The van der Waals surface area contributed by atoms with Crippen molar-refractivity contribution >= 4 is 11.3 Å². The number of nitrogens with zero attached hydrogens (tertiary/aromatic N) is 1. The molecule has 1 saturated carbocycles. The zero-order valence-corrected chi connectivity index (χ0v) is 12.4. The first-order chi connectivity index (χ1) is 8.78. The molecular weight excluding hydrogens is 240 g/mol. The van der Waals surface area contributed by atoms with Gasteiger partial charge in [0.1, 0.15) is 5.01 Å². The zero-order valence-electron chi connectivity index (χ0n) is 11.5. The van der Waals surface area contributed by atoms with Gasteiger partial charge in [-0.15, -0.1) is 11.3 Å². The summed E-state index contributed by atoms with van der Waals surface area (Å²) in [5.41, 5.74) is 1.40. The van der Waals surface area contributed by atoms with Gasteiger partial charge in [-0.25, -0.2) is 4.98 Å². The van der Waals surface area contributed by atoms with Gasteiger partial charge in [0, 0.05) is 10.9 Å². The highest BCUT2D eigenvalue weighted by molar-refractivity contribution is 7.11. The van der Waals surface area contributed by atoms with E-state index in [0.717, 1.165) is 6.04 Å². The fourth-order valence-electron chi connectivity index (χ4n) is 2.95. The molecule has 0 bridgehead atoms. The lowest BCUT2D eigenvalue weighted by molar-refractivity contribution is 0.359. The van der Waals surface area contributed by atoms with Crippen molar-refractivity contribution < 1.29 is 0 Å². The lowest BCUT2D eigenvalue weighted by Gasteiger charge is -2.23. The predicted octanol–water partition coefficient (Wildman–Crippen LogP) is 3.86. The van der Waals surface area contributed by atoms with Crippen LogP contribution in [-0.4, -0.2) is 11.0 Å². The number of aromatic nitrogens is 1. The Morgan fingerprint density at radius 1 is 1.39 bits per heavy atom. The van der Waals surface area contributed by atoms with Crippen LogP contribution in [0.5, 0.6) is 0 Å². The predicted molar refractivity (Wildman–Crippen MR) is 77.1 cm³/mol. The molecule has 0 spiro atoms. The van der Waals surface area contributed by atoms with E-state index in [4.69, 9.17) is 4.98 Å². The van der Waals surface area contributed by atoms with Gasteiger partial charge in [0.2, 0.25) is 0 Å². The summed E-state index contributed by atoms with van der Waals surface area (Å²) in [6.45, 7) is 4.67. The second kappa shape index (κ2) is 5.30. The molecule has 1 N–H and O–H groups in total. The largest absolute Gasteiger partial charge is 0.305 e. The summed E-state index contributed by atoms with van der Waals surface area (Å²) in [6, 6.07) is 1.28. The second-order valence-corrected chi connectivity index (χ2v) is 7.08. The molecule has 2 aliphatic carbocycles. The summed E-state index contributed by atoms with van der Waals surface area (Å²) in [4.78, 5) is 6.50. The van der Waals surface area contributed by atoms with Gasteiger partial charge in [0.15, 0.2) is 0 Å². The van der Waals surface area contributed by atoms with Crippen molar-refractivity contribution in [3.8, 4) is 0 Å². The van der Waals surface area contributed by atoms with Crippen molar-refractivity contribution in [2.24, 2.45) is 5.92 Å². The highest BCUT2D eigenvalue weighted by Crippen LogP contribution is 2.36. The SMILES string of the molecule is CCCC(C)C(NC1CC1)c1nc2c(s1)CCC2. The van der Waals surface area contributed by atoms with Gasteiger partial charge >= 0.3 is 0 Å². The van der Waals surface area contributed by atoms with E-state index >= 15 is 0 Å². The van der Waals surface area contributed by atoms with Gasteiger partial charge in [-0.3, -0.25) is 0 Å². The van der Waals surface area contributed by atoms with E-state index in [1.54, 1.807) is 4.88 Å². The summed E-state index contributed by atoms with van der Waals surface area (Å²) < 4.78 is 0. The summed E-state index contributed by atoms with van der Waals surface area (Å²) in [6.07, 6.45) is 9.10. The molecule has 1 aromatic heterocycles. The average molecular weight is 264 g/mol. The Labute approximate surface area is 114 Å². The standard InChI is InChI=1S/C15H24N2S/c1-3-5-10(2)14(16-11-8-9-11)15-17-12-6-4-7-13(12)18-15/h10-11,14,16H,3-9H2,1-2H3. The molecule has 100 valence electrons. The Morgan fingerprint density at radius 2 is 2.22 bits per heavy atom. The van der Waals surface area contributed by atoms with Crippen molar-refractivity contribution in [3.63, 3.8) is 0 Å². The first-order valence-electron chi connectivity index (χ1n) is 7.52. The fourth-order valence-corrected chi connectivity index (χ4v) is 4.30. The monoisotopic (exact) mass is 264 g/mol. The molecule has 2 atom stereocenters. The maximum absolute atomic E-state index is 4.93. The summed E-state index contributed by atoms with van der Waals surface area (Å²) in [5, 5.41) is 5.20. The Balaban J connectivity index is 1.77. The van der Waals surface area contributed by atoms with Gasteiger partial charge in [0.05, 0.1) is 11.7 Å². The molecule has 1 aromatic rings. The number of aryl methyl sites for hydroxylation is 2. The van der Waals surface area contributed by atoms with E-state index in [1.165, 1.54) is 55.6 Å². The van der Waals surface area contributed by atoms with Gasteiger partial charge in [-0.05, 0) is 44.4 Å². The topological polar surface area (TPSA) is 24.9 Å². The van der Waals surface area contributed by atoms with E-state index in [2.05, 4.69) is 19.2 Å². The lowest BCUT2D eigenvalue weighted by Crippen LogP contribution is -2.28. The number of hydrogen-bond donors (Lipinski definition) is 1. The molecular formula is C15H24N2S. The molecule has 2 unspecified atom stereocenters. The molecule has 0 amide bonds. The highest BCUT2D eigenvalue weighted by atomic mass is 32.1. The van der Waals surface area contributed by atoms with E-state index in [9.17, 15) is 0 Å². The summed E-state index contributed by atoms with van der Waals surface area (Å²) in [7, 11) is 0. The second-order valence-electron chi connectivity index (χ2n) is 5.96. The number of fused-ring (bicyclic) bond motifs is 1. The van der Waals surface area contributed by atoms with Crippen molar-refractivity contribution in [1.82, 2.24) is 10.3 Å². The normalized spacial score (nSPS) is 21.9. The third kappa shape index (κ3) is 2.62. The van der Waals surface area contributed by atoms with Crippen molar-refractivity contribution in [1.29, 1.82) is 0 Å². The molecule has 2 aliphatic rings. The molecule has 3 rings (SSSR count). The van der Waals surface area contributed by atoms with Gasteiger partial charge in [-0.1, -0.05) is 20.3 Å². The van der Waals surface area contributed by atoms with Gasteiger partial charge < -0.3 is 5.32 Å². The first-order valence-corrected chi connectivity index (χ1v) is 8.34. The van der Waals surface area contributed by atoms with Crippen LogP contribution in [0.15, 0.2) is 0 Å². The van der Waals surface area contributed by atoms with Gasteiger partial charge in [-0.2, -0.15) is 0 Å². The third-order valence-electron chi connectivity index (χ3n) is 4.18.